The van der Waals surface area contributed by atoms with Gasteiger partial charge in [0.1, 0.15) is 18.4 Å². The highest BCUT2D eigenvalue weighted by Crippen LogP contribution is 2.13. The highest BCUT2D eigenvalue weighted by molar-refractivity contribution is 5.75. The summed E-state index contributed by atoms with van der Waals surface area (Å²) in [6.07, 6.45) is 0. The van der Waals surface area contributed by atoms with Crippen molar-refractivity contribution in [3.8, 4) is 5.75 Å². The van der Waals surface area contributed by atoms with Crippen molar-refractivity contribution in [2.45, 2.75) is 19.6 Å². The highest BCUT2D eigenvalue weighted by Gasteiger charge is 2.15. The van der Waals surface area contributed by atoms with Gasteiger partial charge in [-0.3, -0.25) is 4.79 Å². The van der Waals surface area contributed by atoms with E-state index in [1.807, 2.05) is 0 Å². The van der Waals surface area contributed by atoms with Crippen LogP contribution in [0.5, 0.6) is 5.75 Å². The standard InChI is InChI=1S/C12H17NO4/c1-2-16-12(15)11(13)8-17-10-5-3-4-9(6-10)7-14/h3-6,11,14H,2,7-8,13H2,1H3. The molecule has 1 unspecified atom stereocenters. The maximum Gasteiger partial charge on any atom is 0.326 e. The molecule has 0 saturated carbocycles. The fourth-order valence-electron chi connectivity index (χ4n) is 1.24. The van der Waals surface area contributed by atoms with Crippen molar-refractivity contribution in [1.29, 1.82) is 0 Å². The molecular formula is C12H17NO4. The average Bonchev–Trinajstić information content (AvgIpc) is 2.36. The Balaban J connectivity index is 2.46. The van der Waals surface area contributed by atoms with E-state index in [4.69, 9.17) is 20.3 Å². The van der Waals surface area contributed by atoms with Crippen LogP contribution in [0.15, 0.2) is 24.3 Å². The van der Waals surface area contributed by atoms with Gasteiger partial charge in [-0.05, 0) is 24.6 Å². The molecule has 1 aromatic carbocycles. The molecule has 5 heteroatoms. The molecule has 0 amide bonds. The number of aliphatic hydroxyl groups is 1. The van der Waals surface area contributed by atoms with Crippen LogP contribution in [0, 0.1) is 0 Å². The number of nitrogens with two attached hydrogens (primary N) is 1. The van der Waals surface area contributed by atoms with E-state index in [2.05, 4.69) is 0 Å². The fourth-order valence-corrected chi connectivity index (χ4v) is 1.24. The van der Waals surface area contributed by atoms with Crippen molar-refractivity contribution in [3.05, 3.63) is 29.8 Å². The lowest BCUT2D eigenvalue weighted by Gasteiger charge is -2.12. The molecule has 0 aromatic heterocycles. The Labute approximate surface area is 100 Å². The molecule has 0 bridgehead atoms. The van der Waals surface area contributed by atoms with E-state index in [9.17, 15) is 4.79 Å². The molecule has 0 radical (unpaired) electrons. The first-order valence-electron chi connectivity index (χ1n) is 5.42. The third-order valence-corrected chi connectivity index (χ3v) is 2.10. The van der Waals surface area contributed by atoms with Gasteiger partial charge in [0.2, 0.25) is 0 Å². The topological polar surface area (TPSA) is 81.8 Å². The highest BCUT2D eigenvalue weighted by atomic mass is 16.5. The lowest BCUT2D eigenvalue weighted by atomic mass is 10.2. The number of esters is 1. The Bertz CT molecular complexity index is 367. The molecule has 1 rings (SSSR count). The van der Waals surface area contributed by atoms with Crippen molar-refractivity contribution < 1.29 is 19.4 Å². The van der Waals surface area contributed by atoms with Crippen LogP contribution in [-0.4, -0.2) is 30.3 Å². The Morgan fingerprint density at radius 1 is 1.53 bits per heavy atom. The molecule has 0 aliphatic heterocycles. The van der Waals surface area contributed by atoms with E-state index in [0.29, 0.717) is 12.4 Å². The number of rotatable bonds is 6. The summed E-state index contributed by atoms with van der Waals surface area (Å²) in [5.74, 6) is 0.0853. The summed E-state index contributed by atoms with van der Waals surface area (Å²) in [4.78, 5) is 11.2. The van der Waals surface area contributed by atoms with Gasteiger partial charge in [0.05, 0.1) is 13.2 Å². The van der Waals surface area contributed by atoms with Crippen LogP contribution < -0.4 is 10.5 Å². The number of ether oxygens (including phenoxy) is 2. The van der Waals surface area contributed by atoms with Crippen molar-refractivity contribution >= 4 is 5.97 Å². The number of hydrogen-bond acceptors (Lipinski definition) is 5. The predicted octanol–water partition coefficient (Wildman–Crippen LogP) is 0.448. The van der Waals surface area contributed by atoms with Crippen LogP contribution >= 0.6 is 0 Å². The van der Waals surface area contributed by atoms with E-state index in [1.165, 1.54) is 0 Å². The van der Waals surface area contributed by atoms with Crippen LogP contribution in [0.2, 0.25) is 0 Å². The second-order valence-corrected chi connectivity index (χ2v) is 3.48. The largest absolute Gasteiger partial charge is 0.491 e. The zero-order valence-corrected chi connectivity index (χ0v) is 9.76. The first kappa shape index (κ1) is 13.5. The summed E-state index contributed by atoms with van der Waals surface area (Å²) in [6, 6.07) is 6.16. The Morgan fingerprint density at radius 3 is 2.94 bits per heavy atom. The number of aliphatic hydroxyl groups excluding tert-OH is 1. The van der Waals surface area contributed by atoms with Crippen LogP contribution in [0.25, 0.3) is 0 Å². The van der Waals surface area contributed by atoms with Crippen LogP contribution in [0.1, 0.15) is 12.5 Å². The second-order valence-electron chi connectivity index (χ2n) is 3.48. The van der Waals surface area contributed by atoms with Crippen molar-refractivity contribution in [1.82, 2.24) is 0 Å². The minimum atomic E-state index is -0.798. The molecule has 0 aliphatic rings. The molecule has 94 valence electrons. The Kier molecular flexibility index (Phi) is 5.45. The zero-order chi connectivity index (χ0) is 12.7. The van der Waals surface area contributed by atoms with E-state index in [-0.39, 0.29) is 13.2 Å². The van der Waals surface area contributed by atoms with E-state index >= 15 is 0 Å². The molecule has 0 fully saturated rings. The molecule has 0 aliphatic carbocycles. The lowest BCUT2D eigenvalue weighted by Crippen LogP contribution is -2.37. The van der Waals surface area contributed by atoms with E-state index in [1.54, 1.807) is 31.2 Å². The van der Waals surface area contributed by atoms with Gasteiger partial charge in [-0.25, -0.2) is 0 Å². The third kappa shape index (κ3) is 4.42. The number of hydrogen-bond donors (Lipinski definition) is 2. The van der Waals surface area contributed by atoms with Gasteiger partial charge in [-0.1, -0.05) is 12.1 Å². The van der Waals surface area contributed by atoms with Gasteiger partial charge >= 0.3 is 5.97 Å². The maximum absolute atomic E-state index is 11.2. The molecule has 5 nitrogen and oxygen atoms in total. The van der Waals surface area contributed by atoms with Crippen LogP contribution in [0.4, 0.5) is 0 Å². The predicted molar refractivity (Wildman–Crippen MR) is 62.5 cm³/mol. The van der Waals surface area contributed by atoms with Gasteiger partial charge < -0.3 is 20.3 Å². The van der Waals surface area contributed by atoms with Crippen LogP contribution in [-0.2, 0) is 16.1 Å². The van der Waals surface area contributed by atoms with Gasteiger partial charge in [0, 0.05) is 0 Å². The third-order valence-electron chi connectivity index (χ3n) is 2.10. The summed E-state index contributed by atoms with van der Waals surface area (Å²) in [7, 11) is 0. The molecule has 1 aromatic rings. The van der Waals surface area contributed by atoms with E-state index in [0.717, 1.165) is 5.56 Å². The minimum Gasteiger partial charge on any atom is -0.491 e. The summed E-state index contributed by atoms with van der Waals surface area (Å²) >= 11 is 0. The fraction of sp³-hybridized carbons (Fsp3) is 0.417. The molecular weight excluding hydrogens is 222 g/mol. The van der Waals surface area contributed by atoms with Gasteiger partial charge in [-0.15, -0.1) is 0 Å². The molecule has 0 spiro atoms. The van der Waals surface area contributed by atoms with E-state index < -0.39 is 12.0 Å². The van der Waals surface area contributed by atoms with Crippen molar-refractivity contribution in [3.63, 3.8) is 0 Å². The van der Waals surface area contributed by atoms with Crippen molar-refractivity contribution in [2.24, 2.45) is 5.73 Å². The summed E-state index contributed by atoms with van der Waals surface area (Å²) in [5.41, 5.74) is 6.32. The zero-order valence-electron chi connectivity index (χ0n) is 9.76. The number of carbonyl (C=O) groups excluding carboxylic acids is 1. The molecule has 3 N–H and O–H groups in total. The minimum absolute atomic E-state index is 0.0493. The monoisotopic (exact) mass is 239 g/mol. The Morgan fingerprint density at radius 2 is 2.29 bits per heavy atom. The smallest absolute Gasteiger partial charge is 0.326 e. The van der Waals surface area contributed by atoms with Crippen LogP contribution in [0.3, 0.4) is 0 Å². The molecule has 1 atom stereocenters. The molecule has 17 heavy (non-hydrogen) atoms. The first-order chi connectivity index (χ1) is 8.17. The van der Waals surface area contributed by atoms with Gasteiger partial charge in [-0.2, -0.15) is 0 Å². The molecule has 0 heterocycles. The normalized spacial score (nSPS) is 11.9. The summed E-state index contributed by atoms with van der Waals surface area (Å²) < 4.78 is 10.1. The van der Waals surface area contributed by atoms with Gasteiger partial charge in [0.25, 0.3) is 0 Å². The average molecular weight is 239 g/mol. The first-order valence-corrected chi connectivity index (χ1v) is 5.42. The maximum atomic E-state index is 11.2. The Hall–Kier alpha value is -1.59. The summed E-state index contributed by atoms with van der Waals surface area (Å²) in [6.45, 7) is 2.01. The molecule has 0 saturated heterocycles. The lowest BCUT2D eigenvalue weighted by molar-refractivity contribution is -0.145. The van der Waals surface area contributed by atoms with Crippen molar-refractivity contribution in [2.75, 3.05) is 13.2 Å². The van der Waals surface area contributed by atoms with Gasteiger partial charge in [0.15, 0.2) is 0 Å². The number of benzene rings is 1. The quantitative estimate of drug-likeness (QED) is 0.704. The summed E-state index contributed by atoms with van der Waals surface area (Å²) in [5, 5.41) is 8.94. The SMILES string of the molecule is CCOC(=O)C(N)COc1cccc(CO)c1. The second kappa shape index (κ2) is 6.88. The number of carbonyl (C=O) groups is 1.